The molecule has 0 bridgehead atoms. The number of H-pyrrole nitrogens is 1. The van der Waals surface area contributed by atoms with Crippen LogP contribution in [0.15, 0.2) is 60.8 Å². The van der Waals surface area contributed by atoms with E-state index in [1.165, 1.54) is 6.08 Å². The fraction of sp³-hybridized carbons (Fsp3) is 0.174. The first-order valence-corrected chi connectivity index (χ1v) is 10.2. The monoisotopic (exact) mass is 436 g/mol. The highest BCUT2D eigenvalue weighted by Crippen LogP contribution is 2.24. The van der Waals surface area contributed by atoms with Gasteiger partial charge >= 0.3 is 6.03 Å². The Morgan fingerprint density at radius 3 is 2.74 bits per heavy atom. The van der Waals surface area contributed by atoms with Gasteiger partial charge in [0.25, 0.3) is 11.8 Å². The predicted octanol–water partition coefficient (Wildman–Crippen LogP) is 3.81. The zero-order valence-corrected chi connectivity index (χ0v) is 17.6. The normalized spacial score (nSPS) is 18.7. The van der Waals surface area contributed by atoms with E-state index in [9.17, 15) is 14.4 Å². The molecule has 0 spiro atoms. The lowest BCUT2D eigenvalue weighted by Gasteiger charge is -2.21. The molecule has 0 saturated carbocycles. The number of fused-ring (bicyclic) bond motifs is 1. The zero-order valence-electron chi connectivity index (χ0n) is 16.8. The zero-order chi connectivity index (χ0) is 22.0. The van der Waals surface area contributed by atoms with Crippen LogP contribution in [-0.4, -0.2) is 33.4 Å². The lowest BCUT2D eigenvalue weighted by Crippen LogP contribution is -2.48. The summed E-state index contributed by atoms with van der Waals surface area (Å²) in [5.41, 5.74) is 3.99. The summed E-state index contributed by atoms with van der Waals surface area (Å²) in [6.07, 6.45) is 5.65. The molecule has 2 heterocycles. The smallest absolute Gasteiger partial charge is 0.344 e. The Morgan fingerprint density at radius 2 is 1.97 bits per heavy atom. The molecule has 1 aromatic heterocycles. The van der Waals surface area contributed by atoms with Gasteiger partial charge in [-0.25, -0.2) is 4.79 Å². The summed E-state index contributed by atoms with van der Waals surface area (Å²) < 4.78 is 0. The number of nitrogens with zero attached hydrogens (tertiary/aromatic N) is 1. The van der Waals surface area contributed by atoms with E-state index in [-0.39, 0.29) is 0 Å². The van der Waals surface area contributed by atoms with Crippen LogP contribution >= 0.6 is 11.6 Å². The number of aromatic amines is 1. The van der Waals surface area contributed by atoms with Crippen LogP contribution in [0, 0.1) is 0 Å². The summed E-state index contributed by atoms with van der Waals surface area (Å²) in [5.74, 6) is -1.08. The minimum Gasteiger partial charge on any atom is -0.361 e. The number of urea groups is 1. The molecule has 3 N–H and O–H groups in total. The molecule has 3 aromatic rings. The van der Waals surface area contributed by atoms with Crippen LogP contribution in [-0.2, 0) is 16.0 Å². The van der Waals surface area contributed by atoms with Crippen molar-refractivity contribution in [2.24, 2.45) is 0 Å². The summed E-state index contributed by atoms with van der Waals surface area (Å²) >= 11 is 6.04. The van der Waals surface area contributed by atoms with Gasteiger partial charge in [0, 0.05) is 28.2 Å². The highest BCUT2D eigenvalue weighted by atomic mass is 35.5. The lowest BCUT2D eigenvalue weighted by molar-refractivity contribution is -0.137. The average molecular weight is 437 g/mol. The van der Waals surface area contributed by atoms with Crippen molar-refractivity contribution >= 4 is 46.4 Å². The highest BCUT2D eigenvalue weighted by Gasteiger charge is 2.48. The Balaban J connectivity index is 1.41. The van der Waals surface area contributed by atoms with Gasteiger partial charge in [-0.05, 0) is 55.2 Å². The maximum Gasteiger partial charge on any atom is 0.344 e. The van der Waals surface area contributed by atoms with Crippen LogP contribution in [0.2, 0.25) is 5.02 Å². The summed E-state index contributed by atoms with van der Waals surface area (Å²) in [7, 11) is 0. The number of aryl methyl sites for hydroxylation is 1. The molecule has 1 aliphatic heterocycles. The van der Waals surface area contributed by atoms with Crippen molar-refractivity contribution in [3.63, 3.8) is 0 Å². The van der Waals surface area contributed by atoms with Crippen molar-refractivity contribution in [2.75, 3.05) is 0 Å². The van der Waals surface area contributed by atoms with Crippen LogP contribution in [0.5, 0.6) is 0 Å². The number of hydrogen-bond acceptors (Lipinski definition) is 3. The fourth-order valence-electron chi connectivity index (χ4n) is 3.56. The van der Waals surface area contributed by atoms with E-state index in [1.54, 1.807) is 31.3 Å². The van der Waals surface area contributed by atoms with Gasteiger partial charge in [-0.2, -0.15) is 5.01 Å². The second-order valence-electron chi connectivity index (χ2n) is 7.63. The Morgan fingerprint density at radius 1 is 1.19 bits per heavy atom. The largest absolute Gasteiger partial charge is 0.361 e. The van der Waals surface area contributed by atoms with E-state index >= 15 is 0 Å². The first kappa shape index (κ1) is 20.7. The fourth-order valence-corrected chi connectivity index (χ4v) is 3.73. The molecule has 4 rings (SSSR count). The number of aromatic nitrogens is 1. The number of halogens is 1. The quantitative estimate of drug-likeness (QED) is 0.405. The van der Waals surface area contributed by atoms with E-state index in [1.807, 2.05) is 36.4 Å². The van der Waals surface area contributed by atoms with Gasteiger partial charge in [-0.3, -0.25) is 15.0 Å². The molecular weight excluding hydrogens is 416 g/mol. The van der Waals surface area contributed by atoms with E-state index in [2.05, 4.69) is 15.7 Å². The number of nitrogens with one attached hydrogen (secondary N) is 3. The Bertz CT molecular complexity index is 1190. The van der Waals surface area contributed by atoms with Gasteiger partial charge in [0.15, 0.2) is 0 Å². The molecule has 1 fully saturated rings. The standard InChI is InChI=1S/C23H21ClN4O3/c1-23(12-11-15-5-3-2-4-6-15)21(30)28(22(31)26-23)27-20(29)10-7-16-14-25-19-9-8-17(24)13-18(16)19/h2-10,13-14,25H,11-12H2,1H3,(H,26,31)(H,27,29). The average Bonchev–Trinajstić information content (AvgIpc) is 3.25. The number of hydrogen-bond donors (Lipinski definition) is 3. The number of benzene rings is 2. The minimum atomic E-state index is -1.09. The highest BCUT2D eigenvalue weighted by molar-refractivity contribution is 6.31. The number of hydrazine groups is 1. The van der Waals surface area contributed by atoms with Gasteiger partial charge in [0.1, 0.15) is 5.54 Å². The van der Waals surface area contributed by atoms with Crippen molar-refractivity contribution < 1.29 is 14.4 Å². The molecule has 2 aromatic carbocycles. The second-order valence-corrected chi connectivity index (χ2v) is 8.07. The predicted molar refractivity (Wildman–Crippen MR) is 119 cm³/mol. The van der Waals surface area contributed by atoms with Gasteiger partial charge in [0.05, 0.1) is 0 Å². The number of amides is 4. The molecule has 0 radical (unpaired) electrons. The van der Waals surface area contributed by atoms with Crippen LogP contribution < -0.4 is 10.7 Å². The van der Waals surface area contributed by atoms with Crippen molar-refractivity contribution in [1.82, 2.24) is 20.7 Å². The van der Waals surface area contributed by atoms with Crippen LogP contribution in [0.25, 0.3) is 17.0 Å². The van der Waals surface area contributed by atoms with Gasteiger partial charge in [-0.1, -0.05) is 41.9 Å². The van der Waals surface area contributed by atoms with Gasteiger partial charge < -0.3 is 10.3 Å². The molecule has 4 amide bonds. The van der Waals surface area contributed by atoms with Crippen LogP contribution in [0.3, 0.4) is 0 Å². The van der Waals surface area contributed by atoms with E-state index in [0.717, 1.165) is 27.0 Å². The first-order valence-electron chi connectivity index (χ1n) is 9.82. The maximum atomic E-state index is 12.8. The summed E-state index contributed by atoms with van der Waals surface area (Å²) in [5, 5.41) is 4.87. The van der Waals surface area contributed by atoms with E-state index in [0.29, 0.717) is 17.9 Å². The van der Waals surface area contributed by atoms with Crippen molar-refractivity contribution in [3.8, 4) is 0 Å². The Labute approximate surface area is 184 Å². The van der Waals surface area contributed by atoms with E-state index < -0.39 is 23.4 Å². The van der Waals surface area contributed by atoms with Crippen LogP contribution in [0.4, 0.5) is 4.79 Å². The molecule has 0 aliphatic carbocycles. The van der Waals surface area contributed by atoms with Gasteiger partial charge in [-0.15, -0.1) is 0 Å². The SMILES string of the molecule is CC1(CCc2ccccc2)NC(=O)N(NC(=O)C=Cc2c[nH]c3ccc(Cl)cc23)C1=O. The maximum absolute atomic E-state index is 12.8. The number of rotatable bonds is 6. The van der Waals surface area contributed by atoms with Gasteiger partial charge in [0.2, 0.25) is 0 Å². The Kier molecular flexibility index (Phi) is 5.52. The minimum absolute atomic E-state index is 0.417. The third-order valence-corrected chi connectivity index (χ3v) is 5.56. The topological polar surface area (TPSA) is 94.3 Å². The molecule has 1 saturated heterocycles. The number of carbonyl (C=O) groups is 3. The number of carbonyl (C=O) groups excluding carboxylic acids is 3. The molecule has 1 atom stereocenters. The Hall–Kier alpha value is -3.58. The molecule has 1 unspecified atom stereocenters. The van der Waals surface area contributed by atoms with Crippen molar-refractivity contribution in [3.05, 3.63) is 77.0 Å². The molecule has 158 valence electrons. The molecule has 31 heavy (non-hydrogen) atoms. The molecular formula is C23H21ClN4O3. The summed E-state index contributed by atoms with van der Waals surface area (Å²) in [4.78, 5) is 40.6. The second kappa shape index (κ2) is 8.28. The van der Waals surface area contributed by atoms with Crippen LogP contribution in [0.1, 0.15) is 24.5 Å². The molecule has 7 nitrogen and oxygen atoms in total. The first-order chi connectivity index (χ1) is 14.9. The molecule has 8 heteroatoms. The molecule has 1 aliphatic rings. The summed E-state index contributed by atoms with van der Waals surface area (Å²) in [6, 6.07) is 14.5. The van der Waals surface area contributed by atoms with Crippen molar-refractivity contribution in [1.29, 1.82) is 0 Å². The third-order valence-electron chi connectivity index (χ3n) is 5.33. The van der Waals surface area contributed by atoms with Crippen molar-refractivity contribution in [2.45, 2.75) is 25.3 Å². The summed E-state index contributed by atoms with van der Waals surface area (Å²) in [6.45, 7) is 1.66. The van der Waals surface area contributed by atoms with E-state index in [4.69, 9.17) is 11.6 Å². The lowest BCUT2D eigenvalue weighted by atomic mass is 9.93. The number of imide groups is 1. The third kappa shape index (κ3) is 4.32.